The Kier molecular flexibility index (Phi) is 5.99. The molecule has 1 aromatic heterocycles. The lowest BCUT2D eigenvalue weighted by Gasteiger charge is -2.12. The second-order valence-corrected chi connectivity index (χ2v) is 8.08. The zero-order valence-electron chi connectivity index (χ0n) is 16.6. The summed E-state index contributed by atoms with van der Waals surface area (Å²) in [5, 5.41) is 20.6. The molecule has 152 valence electrons. The van der Waals surface area contributed by atoms with E-state index >= 15 is 0 Å². The van der Waals surface area contributed by atoms with Gasteiger partial charge in [-0.05, 0) is 54.3 Å². The lowest BCUT2D eigenvalue weighted by molar-refractivity contribution is 0.209. The third-order valence-electron chi connectivity index (χ3n) is 4.92. The van der Waals surface area contributed by atoms with Crippen molar-refractivity contribution in [1.82, 2.24) is 15.0 Å². The zero-order chi connectivity index (χ0) is 20.9. The Hall–Kier alpha value is -3.32. The van der Waals surface area contributed by atoms with Crippen LogP contribution in [0.4, 0.5) is 10.5 Å². The maximum Gasteiger partial charge on any atom is 0.409 e. The van der Waals surface area contributed by atoms with Gasteiger partial charge in [0.25, 0.3) is 0 Å². The van der Waals surface area contributed by atoms with Crippen LogP contribution in [0.15, 0.2) is 71.6 Å². The van der Waals surface area contributed by atoms with Crippen molar-refractivity contribution in [2.24, 2.45) is 0 Å². The average Bonchev–Trinajstić information content (AvgIpc) is 3.14. The maximum absolute atomic E-state index is 11.0. The molecular formula is C23H22N4O2S. The van der Waals surface area contributed by atoms with Crippen molar-refractivity contribution in [2.45, 2.75) is 24.8 Å². The summed E-state index contributed by atoms with van der Waals surface area (Å²) >= 11 is 1.77. The zero-order valence-corrected chi connectivity index (χ0v) is 17.4. The first-order chi connectivity index (χ1) is 14.6. The van der Waals surface area contributed by atoms with E-state index in [1.807, 2.05) is 42.5 Å². The number of nitrogens with zero attached hydrogens (tertiary/aromatic N) is 3. The topological polar surface area (TPSA) is 80.0 Å². The predicted molar refractivity (Wildman–Crippen MR) is 120 cm³/mol. The van der Waals surface area contributed by atoms with E-state index in [-0.39, 0.29) is 0 Å². The van der Waals surface area contributed by atoms with Gasteiger partial charge in [-0.25, -0.2) is 4.79 Å². The second-order valence-electron chi connectivity index (χ2n) is 6.95. The summed E-state index contributed by atoms with van der Waals surface area (Å²) in [4.78, 5) is 13.9. The van der Waals surface area contributed by atoms with Crippen LogP contribution in [-0.4, -0.2) is 31.9 Å². The number of hydrogen-bond acceptors (Lipinski definition) is 4. The van der Waals surface area contributed by atoms with E-state index in [1.165, 1.54) is 16.0 Å². The van der Waals surface area contributed by atoms with Crippen molar-refractivity contribution >= 4 is 34.6 Å². The van der Waals surface area contributed by atoms with E-state index in [1.54, 1.807) is 22.6 Å². The largest absolute Gasteiger partial charge is 0.465 e. The molecule has 1 amide bonds. The molecule has 0 saturated heterocycles. The molecule has 0 radical (unpaired) electrons. The van der Waals surface area contributed by atoms with Crippen molar-refractivity contribution in [3.63, 3.8) is 0 Å². The van der Waals surface area contributed by atoms with Crippen LogP contribution in [0.5, 0.6) is 0 Å². The highest BCUT2D eigenvalue weighted by molar-refractivity contribution is 7.99. The van der Waals surface area contributed by atoms with Gasteiger partial charge < -0.3 is 5.11 Å². The van der Waals surface area contributed by atoms with E-state index < -0.39 is 6.09 Å². The molecule has 0 spiro atoms. The lowest BCUT2D eigenvalue weighted by atomic mass is 10.1. The molecular weight excluding hydrogens is 396 g/mol. The molecule has 0 aliphatic carbocycles. The predicted octanol–water partition coefficient (Wildman–Crippen LogP) is 5.21. The summed E-state index contributed by atoms with van der Waals surface area (Å²) in [5.41, 5.74) is 5.85. The van der Waals surface area contributed by atoms with Gasteiger partial charge in [-0.3, -0.25) is 5.32 Å². The minimum atomic E-state index is -1.04. The standard InChI is InChI=1S/C23H22N4O2S/c1-16-18(15-27-25-20-10-4-5-11-21(20)26-27)8-6-12-22(16)30-14-13-17-7-2-3-9-19(17)24-23(28)29/h2-12,24H,13-15H2,1H3,(H,28,29). The first kappa shape index (κ1) is 20.0. The minimum absolute atomic E-state index is 0.625. The van der Waals surface area contributed by atoms with Crippen LogP contribution in [0.3, 0.4) is 0 Å². The fourth-order valence-electron chi connectivity index (χ4n) is 3.36. The number of anilines is 1. The Bertz CT molecular complexity index is 1160. The number of aromatic nitrogens is 3. The fraction of sp³-hybridized carbons (Fsp3) is 0.174. The number of rotatable bonds is 7. The van der Waals surface area contributed by atoms with Crippen LogP contribution in [0.25, 0.3) is 11.0 Å². The molecule has 0 aliphatic rings. The summed E-state index contributed by atoms with van der Waals surface area (Å²) in [6.07, 6.45) is -0.268. The van der Waals surface area contributed by atoms with E-state index in [9.17, 15) is 4.79 Å². The van der Waals surface area contributed by atoms with Gasteiger partial charge in [-0.15, -0.1) is 11.8 Å². The molecule has 4 rings (SSSR count). The highest BCUT2D eigenvalue weighted by Gasteiger charge is 2.09. The second kappa shape index (κ2) is 9.00. The van der Waals surface area contributed by atoms with Gasteiger partial charge in [0, 0.05) is 16.3 Å². The highest BCUT2D eigenvalue weighted by Crippen LogP contribution is 2.27. The molecule has 0 bridgehead atoms. The molecule has 3 aromatic carbocycles. The van der Waals surface area contributed by atoms with Crippen LogP contribution >= 0.6 is 11.8 Å². The number of thioether (sulfide) groups is 1. The van der Waals surface area contributed by atoms with Gasteiger partial charge in [0.05, 0.1) is 6.54 Å². The smallest absolute Gasteiger partial charge is 0.409 e. The van der Waals surface area contributed by atoms with Gasteiger partial charge in [0.1, 0.15) is 11.0 Å². The number of benzene rings is 3. The van der Waals surface area contributed by atoms with Gasteiger partial charge >= 0.3 is 6.09 Å². The molecule has 1 heterocycles. The monoisotopic (exact) mass is 418 g/mol. The molecule has 0 aliphatic heterocycles. The number of carbonyl (C=O) groups is 1. The number of carboxylic acid groups (broad SMARTS) is 1. The van der Waals surface area contributed by atoms with Crippen molar-refractivity contribution in [3.8, 4) is 0 Å². The van der Waals surface area contributed by atoms with Crippen molar-refractivity contribution < 1.29 is 9.90 Å². The maximum atomic E-state index is 11.0. The van der Waals surface area contributed by atoms with Crippen LogP contribution in [0.1, 0.15) is 16.7 Å². The molecule has 0 atom stereocenters. The van der Waals surface area contributed by atoms with Crippen LogP contribution in [0, 0.1) is 6.92 Å². The molecule has 2 N–H and O–H groups in total. The van der Waals surface area contributed by atoms with E-state index in [0.717, 1.165) is 28.8 Å². The highest BCUT2D eigenvalue weighted by atomic mass is 32.2. The lowest BCUT2D eigenvalue weighted by Crippen LogP contribution is -2.09. The Balaban J connectivity index is 1.44. The molecule has 0 saturated carbocycles. The summed E-state index contributed by atoms with van der Waals surface area (Å²) in [6, 6.07) is 21.7. The fourth-order valence-corrected chi connectivity index (χ4v) is 4.43. The first-order valence-electron chi connectivity index (χ1n) is 9.69. The molecule has 7 heteroatoms. The molecule has 6 nitrogen and oxygen atoms in total. The third-order valence-corrected chi connectivity index (χ3v) is 6.09. The van der Waals surface area contributed by atoms with Crippen LogP contribution in [-0.2, 0) is 13.0 Å². The molecule has 4 aromatic rings. The number of amides is 1. The van der Waals surface area contributed by atoms with E-state index in [2.05, 4.69) is 40.6 Å². The number of aryl methyl sites for hydroxylation is 1. The summed E-state index contributed by atoms with van der Waals surface area (Å²) in [6.45, 7) is 2.75. The third kappa shape index (κ3) is 4.63. The Morgan fingerprint density at radius 2 is 1.63 bits per heavy atom. The molecule has 0 fully saturated rings. The molecule has 30 heavy (non-hydrogen) atoms. The van der Waals surface area contributed by atoms with Crippen molar-refractivity contribution in [1.29, 1.82) is 0 Å². The van der Waals surface area contributed by atoms with Crippen LogP contribution in [0.2, 0.25) is 0 Å². The molecule has 0 unspecified atom stereocenters. The SMILES string of the molecule is Cc1c(Cn2nc3ccccc3n2)cccc1SCCc1ccccc1NC(=O)O. The Labute approximate surface area is 178 Å². The van der Waals surface area contributed by atoms with E-state index in [4.69, 9.17) is 5.11 Å². The minimum Gasteiger partial charge on any atom is -0.465 e. The van der Waals surface area contributed by atoms with Gasteiger partial charge in [-0.2, -0.15) is 15.0 Å². The quantitative estimate of drug-likeness (QED) is 0.403. The van der Waals surface area contributed by atoms with Crippen molar-refractivity contribution in [3.05, 3.63) is 83.4 Å². The van der Waals surface area contributed by atoms with Crippen LogP contribution < -0.4 is 5.32 Å². The average molecular weight is 419 g/mol. The van der Waals surface area contributed by atoms with Crippen molar-refractivity contribution in [2.75, 3.05) is 11.1 Å². The van der Waals surface area contributed by atoms with Gasteiger partial charge in [-0.1, -0.05) is 42.5 Å². The van der Waals surface area contributed by atoms with Gasteiger partial charge in [0.2, 0.25) is 0 Å². The van der Waals surface area contributed by atoms with Gasteiger partial charge in [0.15, 0.2) is 0 Å². The summed E-state index contributed by atoms with van der Waals surface area (Å²) in [7, 11) is 0. The number of hydrogen-bond donors (Lipinski definition) is 2. The Morgan fingerprint density at radius 3 is 2.37 bits per heavy atom. The number of fused-ring (bicyclic) bond motifs is 1. The number of para-hydroxylation sites is 1. The Morgan fingerprint density at radius 1 is 0.967 bits per heavy atom. The summed E-state index contributed by atoms with van der Waals surface area (Å²) < 4.78 is 0. The summed E-state index contributed by atoms with van der Waals surface area (Å²) in [5.74, 6) is 0.854. The van der Waals surface area contributed by atoms with E-state index in [0.29, 0.717) is 12.2 Å². The first-order valence-corrected chi connectivity index (χ1v) is 10.7. The number of nitrogens with one attached hydrogen (secondary N) is 1. The normalized spacial score (nSPS) is 11.0.